The molecule has 0 aliphatic rings. The minimum absolute atomic E-state index is 0.303. The lowest BCUT2D eigenvalue weighted by Gasteiger charge is -2.14. The van der Waals surface area contributed by atoms with E-state index < -0.39 is 29.1 Å². The lowest BCUT2D eigenvalue weighted by atomic mass is 10.1. The van der Waals surface area contributed by atoms with Gasteiger partial charge in [-0.15, -0.1) is 0 Å². The van der Waals surface area contributed by atoms with Gasteiger partial charge in [-0.3, -0.25) is 0 Å². The third-order valence-electron chi connectivity index (χ3n) is 2.55. The maximum atomic E-state index is 13.4. The van der Waals surface area contributed by atoms with Crippen molar-refractivity contribution >= 4 is 0 Å². The second kappa shape index (κ2) is 5.75. The number of benzene rings is 2. The number of rotatable bonds is 4. The van der Waals surface area contributed by atoms with Crippen molar-refractivity contribution in [2.45, 2.75) is 6.10 Å². The summed E-state index contributed by atoms with van der Waals surface area (Å²) in [5, 5.41) is 9.72. The number of aliphatic hydroxyl groups excluding tert-OH is 1. The van der Waals surface area contributed by atoms with Crippen LogP contribution >= 0.6 is 0 Å². The fourth-order valence-electron chi connectivity index (χ4n) is 1.62. The molecule has 0 aliphatic heterocycles. The number of halogens is 3. The highest BCUT2D eigenvalue weighted by Crippen LogP contribution is 2.22. The van der Waals surface area contributed by atoms with Gasteiger partial charge in [-0.2, -0.15) is 0 Å². The van der Waals surface area contributed by atoms with Crippen LogP contribution in [0.1, 0.15) is 11.7 Å². The van der Waals surface area contributed by atoms with Crippen molar-refractivity contribution in [3.8, 4) is 5.75 Å². The molecule has 1 atom stereocenters. The van der Waals surface area contributed by atoms with Crippen LogP contribution in [0.15, 0.2) is 42.5 Å². The normalized spacial score (nSPS) is 12.2. The van der Waals surface area contributed by atoms with Crippen LogP contribution in [-0.2, 0) is 0 Å². The minimum atomic E-state index is -1.44. The SMILES string of the molecule is OC(COc1ccc(F)cc1)c1c(F)cccc1F. The summed E-state index contributed by atoms with van der Waals surface area (Å²) < 4.78 is 44.5. The van der Waals surface area contributed by atoms with Crippen molar-refractivity contribution in [3.63, 3.8) is 0 Å². The molecule has 2 nitrogen and oxygen atoms in total. The van der Waals surface area contributed by atoms with Crippen molar-refractivity contribution in [3.05, 3.63) is 65.5 Å². The number of hydrogen-bond acceptors (Lipinski definition) is 2. The van der Waals surface area contributed by atoms with E-state index in [1.54, 1.807) is 0 Å². The van der Waals surface area contributed by atoms with Crippen LogP contribution in [0.4, 0.5) is 13.2 Å². The lowest BCUT2D eigenvalue weighted by Crippen LogP contribution is -2.13. The van der Waals surface area contributed by atoms with Crippen LogP contribution in [0.2, 0.25) is 0 Å². The average molecular weight is 268 g/mol. The fraction of sp³-hybridized carbons (Fsp3) is 0.143. The first-order chi connectivity index (χ1) is 9.08. The standard InChI is InChI=1S/C14H11F3O2/c15-9-4-6-10(7-5-9)19-8-13(18)14-11(16)2-1-3-12(14)17/h1-7,13,18H,8H2. The molecule has 2 rings (SSSR count). The van der Waals surface area contributed by atoms with Gasteiger partial charge < -0.3 is 9.84 Å². The van der Waals surface area contributed by atoms with Gasteiger partial charge in [0.15, 0.2) is 0 Å². The Hall–Kier alpha value is -2.01. The van der Waals surface area contributed by atoms with E-state index >= 15 is 0 Å². The number of hydrogen-bond donors (Lipinski definition) is 1. The van der Waals surface area contributed by atoms with Crippen LogP contribution in [0.3, 0.4) is 0 Å². The van der Waals surface area contributed by atoms with Gasteiger partial charge >= 0.3 is 0 Å². The van der Waals surface area contributed by atoms with Crippen molar-refractivity contribution < 1.29 is 23.0 Å². The van der Waals surface area contributed by atoms with E-state index in [0.717, 1.165) is 12.1 Å². The predicted octanol–water partition coefficient (Wildman–Crippen LogP) is 3.22. The summed E-state index contributed by atoms with van der Waals surface area (Å²) in [6, 6.07) is 8.41. The Balaban J connectivity index is 2.05. The molecule has 1 unspecified atom stereocenters. The highest BCUT2D eigenvalue weighted by Gasteiger charge is 2.18. The zero-order chi connectivity index (χ0) is 13.8. The van der Waals surface area contributed by atoms with Crippen molar-refractivity contribution in [1.29, 1.82) is 0 Å². The molecule has 5 heteroatoms. The molecular weight excluding hydrogens is 257 g/mol. The molecule has 0 aromatic heterocycles. The second-order valence-electron chi connectivity index (χ2n) is 3.92. The Bertz CT molecular complexity index is 535. The fourth-order valence-corrected chi connectivity index (χ4v) is 1.62. The van der Waals surface area contributed by atoms with Gasteiger partial charge in [-0.05, 0) is 36.4 Å². The van der Waals surface area contributed by atoms with E-state index in [4.69, 9.17) is 4.74 Å². The Morgan fingerprint density at radius 2 is 1.53 bits per heavy atom. The van der Waals surface area contributed by atoms with Gasteiger partial charge in [0.05, 0.1) is 5.56 Å². The third kappa shape index (κ3) is 3.26. The Labute approximate surface area is 108 Å². The molecular formula is C14H11F3O2. The first kappa shape index (κ1) is 13.4. The largest absolute Gasteiger partial charge is 0.491 e. The van der Waals surface area contributed by atoms with Gasteiger partial charge in [-0.1, -0.05) is 6.07 Å². The molecule has 0 saturated carbocycles. The number of ether oxygens (including phenoxy) is 1. The minimum Gasteiger partial charge on any atom is -0.491 e. The lowest BCUT2D eigenvalue weighted by molar-refractivity contribution is 0.101. The summed E-state index contributed by atoms with van der Waals surface area (Å²) in [5.74, 6) is -1.80. The van der Waals surface area contributed by atoms with Crippen LogP contribution in [0.5, 0.6) is 5.75 Å². The van der Waals surface area contributed by atoms with Gasteiger partial charge in [0.1, 0.15) is 35.9 Å². The Morgan fingerprint density at radius 3 is 2.11 bits per heavy atom. The summed E-state index contributed by atoms with van der Waals surface area (Å²) in [7, 11) is 0. The molecule has 0 aliphatic carbocycles. The summed E-state index contributed by atoms with van der Waals surface area (Å²) in [4.78, 5) is 0. The first-order valence-electron chi connectivity index (χ1n) is 5.58. The molecule has 0 fully saturated rings. The average Bonchev–Trinajstić information content (AvgIpc) is 2.38. The van der Waals surface area contributed by atoms with Crippen LogP contribution in [0.25, 0.3) is 0 Å². The second-order valence-corrected chi connectivity index (χ2v) is 3.92. The van der Waals surface area contributed by atoms with Crippen molar-refractivity contribution in [2.75, 3.05) is 6.61 Å². The third-order valence-corrected chi connectivity index (χ3v) is 2.55. The van der Waals surface area contributed by atoms with Crippen LogP contribution in [0, 0.1) is 17.5 Å². The zero-order valence-electron chi connectivity index (χ0n) is 9.82. The number of aliphatic hydroxyl groups is 1. The highest BCUT2D eigenvalue weighted by molar-refractivity contribution is 5.24. The summed E-state index contributed by atoms with van der Waals surface area (Å²) in [6.07, 6.45) is -1.44. The van der Waals surface area contributed by atoms with Gasteiger partial charge in [0, 0.05) is 0 Å². The van der Waals surface area contributed by atoms with E-state index in [0.29, 0.717) is 5.75 Å². The van der Waals surface area contributed by atoms with E-state index in [-0.39, 0.29) is 6.61 Å². The molecule has 0 heterocycles. The zero-order valence-corrected chi connectivity index (χ0v) is 9.82. The van der Waals surface area contributed by atoms with Crippen LogP contribution in [-0.4, -0.2) is 11.7 Å². The maximum absolute atomic E-state index is 13.4. The topological polar surface area (TPSA) is 29.5 Å². The monoisotopic (exact) mass is 268 g/mol. The quantitative estimate of drug-likeness (QED) is 0.922. The molecule has 0 spiro atoms. The van der Waals surface area contributed by atoms with E-state index in [1.807, 2.05) is 0 Å². The van der Waals surface area contributed by atoms with E-state index in [9.17, 15) is 18.3 Å². The van der Waals surface area contributed by atoms with Crippen LogP contribution < -0.4 is 4.74 Å². The predicted molar refractivity (Wildman–Crippen MR) is 63.2 cm³/mol. The first-order valence-corrected chi connectivity index (χ1v) is 5.58. The molecule has 2 aromatic rings. The van der Waals surface area contributed by atoms with E-state index in [1.165, 1.54) is 30.3 Å². The summed E-state index contributed by atoms with van der Waals surface area (Å²) in [5.41, 5.74) is -0.440. The summed E-state index contributed by atoms with van der Waals surface area (Å²) >= 11 is 0. The Kier molecular flexibility index (Phi) is 4.06. The Morgan fingerprint density at radius 1 is 0.947 bits per heavy atom. The summed E-state index contributed by atoms with van der Waals surface area (Å²) in [6.45, 7) is -0.330. The van der Waals surface area contributed by atoms with E-state index in [2.05, 4.69) is 0 Å². The molecule has 0 bridgehead atoms. The van der Waals surface area contributed by atoms with Gasteiger partial charge in [0.2, 0.25) is 0 Å². The molecule has 100 valence electrons. The van der Waals surface area contributed by atoms with Gasteiger partial charge in [0.25, 0.3) is 0 Å². The molecule has 0 radical (unpaired) electrons. The molecule has 1 N–H and O–H groups in total. The van der Waals surface area contributed by atoms with Gasteiger partial charge in [-0.25, -0.2) is 13.2 Å². The molecule has 0 amide bonds. The van der Waals surface area contributed by atoms with Crippen molar-refractivity contribution in [2.24, 2.45) is 0 Å². The molecule has 0 saturated heterocycles. The smallest absolute Gasteiger partial charge is 0.132 e. The highest BCUT2D eigenvalue weighted by atomic mass is 19.1. The molecule has 19 heavy (non-hydrogen) atoms. The van der Waals surface area contributed by atoms with Crippen molar-refractivity contribution in [1.82, 2.24) is 0 Å². The molecule has 2 aromatic carbocycles. The maximum Gasteiger partial charge on any atom is 0.132 e.